The van der Waals surface area contributed by atoms with E-state index in [-0.39, 0.29) is 24.6 Å². The molecule has 2 aromatic carbocycles. The van der Waals surface area contributed by atoms with Gasteiger partial charge in [-0.1, -0.05) is 42.5 Å². The maximum atomic E-state index is 12.9. The smallest absolute Gasteiger partial charge is 0.326 e. The number of hydrogen-bond acceptors (Lipinski definition) is 2. The van der Waals surface area contributed by atoms with Crippen molar-refractivity contribution in [3.63, 3.8) is 0 Å². The Morgan fingerprint density at radius 3 is 2.26 bits per heavy atom. The van der Waals surface area contributed by atoms with Gasteiger partial charge in [0.05, 0.1) is 0 Å². The molecule has 2 rings (SSSR count). The van der Waals surface area contributed by atoms with Crippen LogP contribution in [0.15, 0.2) is 54.6 Å². The van der Waals surface area contributed by atoms with Gasteiger partial charge in [-0.2, -0.15) is 0 Å². The summed E-state index contributed by atoms with van der Waals surface area (Å²) in [6.45, 7) is 0. The molecule has 23 heavy (non-hydrogen) atoms. The molecule has 0 radical (unpaired) electrons. The third-order valence-electron chi connectivity index (χ3n) is 3.47. The summed E-state index contributed by atoms with van der Waals surface area (Å²) in [4.78, 5) is 23.2. The minimum Gasteiger partial charge on any atom is -0.480 e. The van der Waals surface area contributed by atoms with Gasteiger partial charge in [0.25, 0.3) is 0 Å². The number of halogens is 1. The van der Waals surface area contributed by atoms with Crippen molar-refractivity contribution in [1.82, 2.24) is 5.32 Å². The zero-order chi connectivity index (χ0) is 16.7. The second-order valence-corrected chi connectivity index (χ2v) is 5.27. The molecule has 0 heterocycles. The quantitative estimate of drug-likeness (QED) is 0.825. The molecule has 4 nitrogen and oxygen atoms in total. The topological polar surface area (TPSA) is 66.4 Å². The van der Waals surface area contributed by atoms with Gasteiger partial charge in [-0.15, -0.1) is 0 Å². The van der Waals surface area contributed by atoms with Crippen LogP contribution in [0.25, 0.3) is 0 Å². The van der Waals surface area contributed by atoms with Gasteiger partial charge in [-0.05, 0) is 29.7 Å². The molecule has 0 saturated heterocycles. The molecular weight excluding hydrogens is 297 g/mol. The summed E-state index contributed by atoms with van der Waals surface area (Å²) in [6.07, 6.45) is 0.888. The predicted octanol–water partition coefficient (Wildman–Crippen LogP) is 2.57. The maximum Gasteiger partial charge on any atom is 0.326 e. The van der Waals surface area contributed by atoms with E-state index in [4.69, 9.17) is 0 Å². The Kier molecular flexibility index (Phi) is 5.86. The summed E-state index contributed by atoms with van der Waals surface area (Å²) in [5, 5.41) is 11.8. The number of carboxylic acid groups (broad SMARTS) is 1. The normalized spacial score (nSPS) is 11.7. The van der Waals surface area contributed by atoms with Gasteiger partial charge in [0.1, 0.15) is 11.9 Å². The monoisotopic (exact) mass is 315 g/mol. The van der Waals surface area contributed by atoms with Crippen molar-refractivity contribution in [1.29, 1.82) is 0 Å². The number of hydrogen-bond donors (Lipinski definition) is 2. The van der Waals surface area contributed by atoms with Crippen molar-refractivity contribution in [2.75, 3.05) is 0 Å². The number of aliphatic carboxylic acids is 1. The number of carboxylic acids is 1. The molecule has 0 fully saturated rings. The summed E-state index contributed by atoms with van der Waals surface area (Å²) in [5.74, 6) is -1.81. The van der Waals surface area contributed by atoms with E-state index in [0.717, 1.165) is 5.56 Å². The lowest BCUT2D eigenvalue weighted by atomic mass is 10.1. The molecule has 0 spiro atoms. The Morgan fingerprint density at radius 1 is 1.00 bits per heavy atom. The zero-order valence-corrected chi connectivity index (χ0v) is 12.5. The summed E-state index contributed by atoms with van der Waals surface area (Å²) in [6, 6.07) is 14.1. The van der Waals surface area contributed by atoms with Crippen LogP contribution < -0.4 is 5.32 Å². The SMILES string of the molecule is O=C(CCc1ccccc1)N[C@H](Cc1ccc(F)cc1)C(=O)O. The van der Waals surface area contributed by atoms with Gasteiger partial charge >= 0.3 is 5.97 Å². The van der Waals surface area contributed by atoms with Crippen molar-refractivity contribution in [3.05, 3.63) is 71.5 Å². The molecule has 120 valence electrons. The van der Waals surface area contributed by atoms with E-state index in [2.05, 4.69) is 5.32 Å². The summed E-state index contributed by atoms with van der Waals surface area (Å²) < 4.78 is 12.9. The summed E-state index contributed by atoms with van der Waals surface area (Å²) >= 11 is 0. The molecule has 0 aliphatic carbocycles. The van der Waals surface area contributed by atoms with E-state index in [9.17, 15) is 19.1 Å². The Labute approximate surface area is 134 Å². The number of carbonyl (C=O) groups is 2. The molecule has 0 saturated carbocycles. The third kappa shape index (κ3) is 5.54. The molecule has 5 heteroatoms. The minimum atomic E-state index is -1.11. The highest BCUT2D eigenvalue weighted by molar-refractivity contribution is 5.83. The average molecular weight is 315 g/mol. The highest BCUT2D eigenvalue weighted by Crippen LogP contribution is 2.07. The second kappa shape index (κ2) is 8.08. The lowest BCUT2D eigenvalue weighted by molar-refractivity contribution is -0.141. The van der Waals surface area contributed by atoms with Crippen LogP contribution in [0.5, 0.6) is 0 Å². The first-order valence-electron chi connectivity index (χ1n) is 7.35. The maximum absolute atomic E-state index is 12.9. The molecule has 0 aliphatic rings. The van der Waals surface area contributed by atoms with Crippen molar-refractivity contribution < 1.29 is 19.1 Å². The highest BCUT2D eigenvalue weighted by atomic mass is 19.1. The van der Waals surface area contributed by atoms with Crippen molar-refractivity contribution in [2.24, 2.45) is 0 Å². The molecule has 2 aromatic rings. The fourth-order valence-electron chi connectivity index (χ4n) is 2.23. The molecule has 0 aromatic heterocycles. The van der Waals surface area contributed by atoms with Gasteiger partial charge in [0.2, 0.25) is 5.91 Å². The first-order chi connectivity index (χ1) is 11.0. The molecule has 0 aliphatic heterocycles. The lowest BCUT2D eigenvalue weighted by Gasteiger charge is -2.14. The number of amides is 1. The molecule has 0 bridgehead atoms. The van der Waals surface area contributed by atoms with Gasteiger partial charge in [0.15, 0.2) is 0 Å². The third-order valence-corrected chi connectivity index (χ3v) is 3.47. The number of nitrogens with one attached hydrogen (secondary N) is 1. The van der Waals surface area contributed by atoms with E-state index in [1.165, 1.54) is 24.3 Å². The predicted molar refractivity (Wildman–Crippen MR) is 84.4 cm³/mol. The van der Waals surface area contributed by atoms with Crippen molar-refractivity contribution in [2.45, 2.75) is 25.3 Å². The van der Waals surface area contributed by atoms with Crippen LogP contribution in [0.2, 0.25) is 0 Å². The Morgan fingerprint density at radius 2 is 1.65 bits per heavy atom. The standard InChI is InChI=1S/C18H18FNO3/c19-15-9-6-14(7-10-15)12-16(18(22)23)20-17(21)11-8-13-4-2-1-3-5-13/h1-7,9-10,16H,8,11-12H2,(H,20,21)(H,22,23)/t16-/m1/s1. The van der Waals surface area contributed by atoms with E-state index < -0.39 is 12.0 Å². The average Bonchev–Trinajstić information content (AvgIpc) is 2.55. The van der Waals surface area contributed by atoms with Gasteiger partial charge in [0, 0.05) is 12.8 Å². The lowest BCUT2D eigenvalue weighted by Crippen LogP contribution is -2.42. The first-order valence-corrected chi connectivity index (χ1v) is 7.35. The number of aryl methyl sites for hydroxylation is 1. The largest absolute Gasteiger partial charge is 0.480 e. The molecule has 0 unspecified atom stereocenters. The molecular formula is C18H18FNO3. The van der Waals surface area contributed by atoms with Gasteiger partial charge in [-0.25, -0.2) is 9.18 Å². The fraction of sp³-hybridized carbons (Fsp3) is 0.222. The number of rotatable bonds is 7. The van der Waals surface area contributed by atoms with E-state index in [0.29, 0.717) is 12.0 Å². The number of benzene rings is 2. The highest BCUT2D eigenvalue weighted by Gasteiger charge is 2.20. The molecule has 1 atom stereocenters. The second-order valence-electron chi connectivity index (χ2n) is 5.27. The van der Waals surface area contributed by atoms with Crippen LogP contribution in [0.1, 0.15) is 17.5 Å². The van der Waals surface area contributed by atoms with Crippen LogP contribution in [0.4, 0.5) is 4.39 Å². The van der Waals surface area contributed by atoms with Crippen LogP contribution in [0.3, 0.4) is 0 Å². The van der Waals surface area contributed by atoms with Crippen molar-refractivity contribution in [3.8, 4) is 0 Å². The number of carbonyl (C=O) groups excluding carboxylic acids is 1. The fourth-order valence-corrected chi connectivity index (χ4v) is 2.23. The van der Waals surface area contributed by atoms with Crippen LogP contribution >= 0.6 is 0 Å². The molecule has 1 amide bonds. The van der Waals surface area contributed by atoms with Gasteiger partial charge < -0.3 is 10.4 Å². The van der Waals surface area contributed by atoms with E-state index in [1.54, 1.807) is 0 Å². The first kappa shape index (κ1) is 16.7. The van der Waals surface area contributed by atoms with E-state index >= 15 is 0 Å². The zero-order valence-electron chi connectivity index (χ0n) is 12.5. The molecule has 2 N–H and O–H groups in total. The van der Waals surface area contributed by atoms with Crippen LogP contribution in [-0.4, -0.2) is 23.0 Å². The van der Waals surface area contributed by atoms with Crippen LogP contribution in [-0.2, 0) is 22.4 Å². The van der Waals surface area contributed by atoms with E-state index in [1.807, 2.05) is 30.3 Å². The van der Waals surface area contributed by atoms with Gasteiger partial charge in [-0.3, -0.25) is 4.79 Å². The minimum absolute atomic E-state index is 0.118. The Hall–Kier alpha value is -2.69. The van der Waals surface area contributed by atoms with Crippen molar-refractivity contribution >= 4 is 11.9 Å². The Balaban J connectivity index is 1.89. The van der Waals surface area contributed by atoms with Crippen LogP contribution in [0, 0.1) is 5.82 Å². The summed E-state index contributed by atoms with van der Waals surface area (Å²) in [5.41, 5.74) is 1.68. The summed E-state index contributed by atoms with van der Waals surface area (Å²) in [7, 11) is 0. The Bertz CT molecular complexity index is 656.